The third-order valence-corrected chi connectivity index (χ3v) is 4.19. The molecule has 0 aliphatic carbocycles. The van der Waals surface area contributed by atoms with Crippen molar-refractivity contribution in [2.75, 3.05) is 31.1 Å². The second-order valence-corrected chi connectivity index (χ2v) is 5.73. The van der Waals surface area contributed by atoms with Crippen molar-refractivity contribution < 1.29 is 8.78 Å². The maximum Gasteiger partial charge on any atom is 0.226 e. The first-order chi connectivity index (χ1) is 11.7. The van der Waals surface area contributed by atoms with E-state index in [1.165, 1.54) is 6.07 Å². The fourth-order valence-corrected chi connectivity index (χ4v) is 2.95. The van der Waals surface area contributed by atoms with E-state index >= 15 is 0 Å². The molecule has 1 fully saturated rings. The molecule has 0 atom stereocenters. The van der Waals surface area contributed by atoms with Crippen LogP contribution in [0.5, 0.6) is 0 Å². The summed E-state index contributed by atoms with van der Waals surface area (Å²) in [5.41, 5.74) is 1.50. The van der Waals surface area contributed by atoms with Gasteiger partial charge in [0, 0.05) is 37.1 Å². The maximum atomic E-state index is 14.3. The summed E-state index contributed by atoms with van der Waals surface area (Å²) in [6.45, 7) is 3.09. The highest BCUT2D eigenvalue weighted by Gasteiger charge is 2.19. The summed E-state index contributed by atoms with van der Waals surface area (Å²) in [6, 6.07) is 12.2. The van der Waals surface area contributed by atoms with E-state index in [1.807, 2.05) is 35.2 Å². The van der Waals surface area contributed by atoms with E-state index in [0.29, 0.717) is 17.0 Å². The van der Waals surface area contributed by atoms with Gasteiger partial charge in [-0.3, -0.25) is 0 Å². The zero-order valence-corrected chi connectivity index (χ0v) is 13.0. The summed E-state index contributed by atoms with van der Waals surface area (Å²) in [6.07, 6.45) is 0. The largest absolute Gasteiger partial charge is 0.338 e. The average molecular weight is 326 g/mol. The van der Waals surface area contributed by atoms with E-state index in [1.54, 1.807) is 0 Å². The van der Waals surface area contributed by atoms with E-state index in [0.717, 1.165) is 37.8 Å². The lowest BCUT2D eigenvalue weighted by atomic mass is 10.1. The molecule has 0 spiro atoms. The first-order valence-corrected chi connectivity index (χ1v) is 7.91. The molecular weight excluding hydrogens is 310 g/mol. The Bertz CT molecular complexity index is 877. The lowest BCUT2D eigenvalue weighted by Crippen LogP contribution is -2.44. The van der Waals surface area contributed by atoms with Crippen LogP contribution in [-0.2, 0) is 0 Å². The summed E-state index contributed by atoms with van der Waals surface area (Å²) in [5, 5.41) is 3.77. The summed E-state index contributed by atoms with van der Waals surface area (Å²) in [7, 11) is 0. The molecule has 3 aromatic rings. The van der Waals surface area contributed by atoms with E-state index in [9.17, 15) is 8.78 Å². The normalized spacial score (nSPS) is 15.0. The van der Waals surface area contributed by atoms with Crippen LogP contribution < -0.4 is 10.2 Å². The Labute approximate surface area is 138 Å². The minimum Gasteiger partial charge on any atom is -0.338 e. The number of nitrogens with zero attached hydrogens (tertiary/aromatic N) is 3. The van der Waals surface area contributed by atoms with E-state index in [2.05, 4.69) is 15.3 Å². The zero-order valence-electron chi connectivity index (χ0n) is 13.0. The van der Waals surface area contributed by atoms with Crippen LogP contribution in [0, 0.1) is 11.6 Å². The van der Waals surface area contributed by atoms with Crippen molar-refractivity contribution in [1.82, 2.24) is 15.3 Å². The van der Waals surface area contributed by atoms with Crippen molar-refractivity contribution in [1.29, 1.82) is 0 Å². The van der Waals surface area contributed by atoms with Crippen molar-refractivity contribution in [3.8, 4) is 11.3 Å². The molecule has 1 N–H and O–H groups in total. The highest BCUT2D eigenvalue weighted by molar-refractivity contribution is 5.93. The minimum absolute atomic E-state index is 0.0254. The van der Waals surface area contributed by atoms with E-state index in [-0.39, 0.29) is 5.52 Å². The average Bonchev–Trinajstić information content (AvgIpc) is 2.65. The van der Waals surface area contributed by atoms with Gasteiger partial charge in [0.25, 0.3) is 0 Å². The molecule has 2 heterocycles. The van der Waals surface area contributed by atoms with Gasteiger partial charge in [-0.15, -0.1) is 0 Å². The molecule has 122 valence electrons. The molecule has 2 aromatic carbocycles. The standard InChI is InChI=1S/C18H16F2N4/c19-14-7-6-13-16(12-4-2-1-3-5-12)22-18(23-17(13)15(14)20)24-10-8-21-9-11-24/h1-7,21H,8-11H2. The molecule has 0 radical (unpaired) electrons. The fourth-order valence-electron chi connectivity index (χ4n) is 2.95. The van der Waals surface area contributed by atoms with Gasteiger partial charge >= 0.3 is 0 Å². The number of hydrogen-bond acceptors (Lipinski definition) is 4. The predicted octanol–water partition coefficient (Wildman–Crippen LogP) is 2.98. The molecule has 0 saturated carbocycles. The Morgan fingerprint density at radius 2 is 1.67 bits per heavy atom. The summed E-state index contributed by atoms with van der Waals surface area (Å²) < 4.78 is 28.0. The lowest BCUT2D eigenvalue weighted by molar-refractivity contribution is 0.515. The van der Waals surface area contributed by atoms with Gasteiger partial charge in [-0.05, 0) is 12.1 Å². The molecule has 24 heavy (non-hydrogen) atoms. The number of piperazine rings is 1. The predicted molar refractivity (Wildman–Crippen MR) is 90.0 cm³/mol. The lowest BCUT2D eigenvalue weighted by Gasteiger charge is -2.28. The van der Waals surface area contributed by atoms with Gasteiger partial charge < -0.3 is 10.2 Å². The van der Waals surface area contributed by atoms with Gasteiger partial charge in [0.1, 0.15) is 5.52 Å². The van der Waals surface area contributed by atoms with Crippen LogP contribution in [0.15, 0.2) is 42.5 Å². The molecule has 0 bridgehead atoms. The number of nitrogens with one attached hydrogen (secondary N) is 1. The molecule has 6 heteroatoms. The molecular formula is C18H16F2N4. The van der Waals surface area contributed by atoms with E-state index in [4.69, 9.17) is 0 Å². The van der Waals surface area contributed by atoms with Crippen molar-refractivity contribution in [2.45, 2.75) is 0 Å². The van der Waals surface area contributed by atoms with Crippen LogP contribution in [-0.4, -0.2) is 36.1 Å². The van der Waals surface area contributed by atoms with E-state index < -0.39 is 11.6 Å². The fraction of sp³-hybridized carbons (Fsp3) is 0.222. The molecule has 1 aliphatic heterocycles. The second-order valence-electron chi connectivity index (χ2n) is 5.73. The van der Waals surface area contributed by atoms with Crippen LogP contribution >= 0.6 is 0 Å². The van der Waals surface area contributed by atoms with Crippen LogP contribution in [0.2, 0.25) is 0 Å². The van der Waals surface area contributed by atoms with Gasteiger partial charge in [0.15, 0.2) is 11.6 Å². The monoisotopic (exact) mass is 326 g/mol. The number of anilines is 1. The number of aromatic nitrogens is 2. The van der Waals surface area contributed by atoms with Crippen molar-refractivity contribution in [3.63, 3.8) is 0 Å². The van der Waals surface area contributed by atoms with Crippen molar-refractivity contribution in [3.05, 3.63) is 54.1 Å². The highest BCUT2D eigenvalue weighted by atomic mass is 19.2. The number of fused-ring (bicyclic) bond motifs is 1. The SMILES string of the molecule is Fc1ccc2c(-c3ccccc3)nc(N3CCNCC3)nc2c1F. The molecule has 1 aliphatic rings. The van der Waals surface area contributed by atoms with Gasteiger partial charge in [-0.1, -0.05) is 30.3 Å². The molecule has 0 unspecified atom stereocenters. The Balaban J connectivity index is 1.96. The second kappa shape index (κ2) is 6.13. The van der Waals surface area contributed by atoms with Gasteiger partial charge in [-0.25, -0.2) is 18.7 Å². The van der Waals surface area contributed by atoms with Gasteiger partial charge in [0.2, 0.25) is 5.95 Å². The van der Waals surface area contributed by atoms with Crippen LogP contribution in [0.3, 0.4) is 0 Å². The first kappa shape index (κ1) is 15.0. The number of hydrogen-bond donors (Lipinski definition) is 1. The molecule has 1 aromatic heterocycles. The smallest absolute Gasteiger partial charge is 0.226 e. The summed E-state index contributed by atoms with van der Waals surface area (Å²) >= 11 is 0. The minimum atomic E-state index is -0.927. The molecule has 0 amide bonds. The highest BCUT2D eigenvalue weighted by Crippen LogP contribution is 2.30. The van der Waals surface area contributed by atoms with Gasteiger partial charge in [0.05, 0.1) is 5.69 Å². The Kier molecular flexibility index (Phi) is 3.82. The van der Waals surface area contributed by atoms with Crippen LogP contribution in [0.4, 0.5) is 14.7 Å². The number of halogens is 2. The quantitative estimate of drug-likeness (QED) is 0.786. The first-order valence-electron chi connectivity index (χ1n) is 7.91. The molecule has 4 rings (SSSR count). The van der Waals surface area contributed by atoms with Crippen LogP contribution in [0.1, 0.15) is 0 Å². The van der Waals surface area contributed by atoms with Crippen molar-refractivity contribution >= 4 is 16.9 Å². The van der Waals surface area contributed by atoms with Crippen LogP contribution in [0.25, 0.3) is 22.2 Å². The topological polar surface area (TPSA) is 41.1 Å². The van der Waals surface area contributed by atoms with Crippen molar-refractivity contribution in [2.24, 2.45) is 0 Å². The van der Waals surface area contributed by atoms with Gasteiger partial charge in [-0.2, -0.15) is 0 Å². The summed E-state index contributed by atoms with van der Waals surface area (Å²) in [4.78, 5) is 11.0. The number of rotatable bonds is 2. The molecule has 4 nitrogen and oxygen atoms in total. The Morgan fingerprint density at radius 3 is 2.42 bits per heavy atom. The zero-order chi connectivity index (χ0) is 16.5. The number of benzene rings is 2. The Morgan fingerprint density at radius 1 is 0.917 bits per heavy atom. The summed E-state index contributed by atoms with van der Waals surface area (Å²) in [5.74, 6) is -1.39. The third-order valence-electron chi connectivity index (χ3n) is 4.19. The third kappa shape index (κ3) is 2.59. The Hall–Kier alpha value is -2.60. The molecule has 1 saturated heterocycles. The maximum absolute atomic E-state index is 14.3.